The van der Waals surface area contributed by atoms with Crippen molar-refractivity contribution in [2.24, 2.45) is 7.05 Å². The average Bonchev–Trinajstić information content (AvgIpc) is 3.74. The molecular formula is C27H30N10O7. The van der Waals surface area contributed by atoms with Crippen molar-refractivity contribution in [3.8, 4) is 11.6 Å². The van der Waals surface area contributed by atoms with Crippen LogP contribution in [0.5, 0.6) is 0 Å². The minimum atomic E-state index is -1.10. The van der Waals surface area contributed by atoms with Gasteiger partial charge in [-0.2, -0.15) is 14.6 Å². The van der Waals surface area contributed by atoms with E-state index in [-0.39, 0.29) is 31.4 Å². The summed E-state index contributed by atoms with van der Waals surface area (Å²) in [5, 5.41) is 28.3. The van der Waals surface area contributed by atoms with Gasteiger partial charge in [-0.1, -0.05) is 12.1 Å². The summed E-state index contributed by atoms with van der Waals surface area (Å²) in [6.07, 6.45) is 2.35. The zero-order chi connectivity index (χ0) is 30.9. The van der Waals surface area contributed by atoms with Gasteiger partial charge in [0.25, 0.3) is 0 Å². The highest BCUT2D eigenvalue weighted by Crippen LogP contribution is 2.24. The fourth-order valence-corrected chi connectivity index (χ4v) is 4.12. The topological polar surface area (TPSA) is 212 Å². The Bertz CT molecular complexity index is 1730. The van der Waals surface area contributed by atoms with E-state index in [0.717, 1.165) is 5.56 Å². The van der Waals surface area contributed by atoms with Gasteiger partial charge in [0.1, 0.15) is 0 Å². The van der Waals surface area contributed by atoms with Gasteiger partial charge in [0, 0.05) is 32.0 Å². The summed E-state index contributed by atoms with van der Waals surface area (Å²) in [7, 11) is 1.76. The van der Waals surface area contributed by atoms with Crippen LogP contribution >= 0.6 is 0 Å². The predicted molar refractivity (Wildman–Crippen MR) is 156 cm³/mol. The minimum Gasteiger partial charge on any atom is -0.465 e. The first-order valence-electron chi connectivity index (χ1n) is 13.6. The number of carbonyl (C=O) groups is 3. The first kappa shape index (κ1) is 29.9. The van der Waals surface area contributed by atoms with Crippen LogP contribution in [0.4, 0.5) is 21.2 Å². The van der Waals surface area contributed by atoms with Crippen LogP contribution in [-0.4, -0.2) is 92.0 Å². The maximum Gasteiger partial charge on any atom is 0.404 e. The van der Waals surface area contributed by atoms with Gasteiger partial charge >= 0.3 is 12.1 Å². The van der Waals surface area contributed by atoms with Crippen molar-refractivity contribution in [1.29, 1.82) is 0 Å². The number of furan rings is 1. The Morgan fingerprint density at radius 3 is 2.39 bits per heavy atom. The number of carbonyl (C=O) groups excluding carboxylic acids is 2. The highest BCUT2D eigenvalue weighted by atomic mass is 16.5. The van der Waals surface area contributed by atoms with Gasteiger partial charge in [-0.3, -0.25) is 14.8 Å². The minimum absolute atomic E-state index is 0.117. The van der Waals surface area contributed by atoms with Crippen LogP contribution in [0.25, 0.3) is 28.3 Å². The molecule has 0 saturated carbocycles. The molecular weight excluding hydrogens is 576 g/mol. The number of hydrogen-bond acceptors (Lipinski definition) is 10. The number of ether oxygens (including phenoxy) is 2. The van der Waals surface area contributed by atoms with Crippen molar-refractivity contribution in [1.82, 2.24) is 40.0 Å². The zero-order valence-corrected chi connectivity index (χ0v) is 23.6. The molecule has 1 aromatic carbocycles. The molecule has 0 radical (unpaired) electrons. The van der Waals surface area contributed by atoms with E-state index in [2.05, 4.69) is 41.4 Å². The van der Waals surface area contributed by atoms with Gasteiger partial charge in [0.05, 0.1) is 44.5 Å². The fraction of sp³-hybridized carbons (Fsp3) is 0.296. The van der Waals surface area contributed by atoms with Crippen molar-refractivity contribution in [3.05, 3.63) is 54.4 Å². The van der Waals surface area contributed by atoms with E-state index in [9.17, 15) is 14.4 Å². The summed E-state index contributed by atoms with van der Waals surface area (Å²) in [5.74, 6) is 0.740. The van der Waals surface area contributed by atoms with E-state index in [1.165, 1.54) is 10.8 Å². The van der Waals surface area contributed by atoms with E-state index in [1.54, 1.807) is 54.3 Å². The van der Waals surface area contributed by atoms with Crippen molar-refractivity contribution in [3.63, 3.8) is 0 Å². The van der Waals surface area contributed by atoms with Crippen LogP contribution in [0.15, 0.2) is 53.3 Å². The molecule has 5 rings (SSSR count). The lowest BCUT2D eigenvalue weighted by Crippen LogP contribution is -2.29. The number of amides is 4. The molecule has 5 N–H and O–H groups in total. The van der Waals surface area contributed by atoms with E-state index in [1.807, 2.05) is 0 Å². The third-order valence-corrected chi connectivity index (χ3v) is 6.08. The highest BCUT2D eigenvalue weighted by Gasteiger charge is 2.19. The summed E-state index contributed by atoms with van der Waals surface area (Å²) >= 11 is 0. The van der Waals surface area contributed by atoms with Crippen LogP contribution in [0.2, 0.25) is 0 Å². The first-order valence-corrected chi connectivity index (χ1v) is 13.6. The molecule has 17 nitrogen and oxygen atoms in total. The molecule has 0 aliphatic rings. The van der Waals surface area contributed by atoms with Crippen LogP contribution in [-0.2, 0) is 27.7 Å². The summed E-state index contributed by atoms with van der Waals surface area (Å²) in [5.41, 5.74) is 2.11. The second-order valence-electron chi connectivity index (χ2n) is 9.38. The first-order chi connectivity index (χ1) is 21.4. The summed E-state index contributed by atoms with van der Waals surface area (Å²) in [4.78, 5) is 44.5. The number of benzene rings is 1. The molecule has 17 heteroatoms. The smallest absolute Gasteiger partial charge is 0.404 e. The van der Waals surface area contributed by atoms with Gasteiger partial charge in [-0.05, 0) is 29.8 Å². The third kappa shape index (κ3) is 7.84. The predicted octanol–water partition coefficient (Wildman–Crippen LogP) is 1.87. The maximum atomic E-state index is 12.9. The Morgan fingerprint density at radius 2 is 1.68 bits per heavy atom. The van der Waals surface area contributed by atoms with Gasteiger partial charge < -0.3 is 34.9 Å². The van der Waals surface area contributed by atoms with Gasteiger partial charge in [-0.15, -0.1) is 5.10 Å². The van der Waals surface area contributed by atoms with E-state index < -0.39 is 12.1 Å². The molecule has 0 bridgehead atoms. The Labute approximate surface area is 249 Å². The summed E-state index contributed by atoms with van der Waals surface area (Å²) < 4.78 is 19.0. The Balaban J connectivity index is 1.09. The van der Waals surface area contributed by atoms with E-state index >= 15 is 0 Å². The Hall–Kier alpha value is -5.55. The van der Waals surface area contributed by atoms with Crippen LogP contribution < -0.4 is 21.3 Å². The lowest BCUT2D eigenvalue weighted by Gasteiger charge is -2.09. The number of anilines is 2. The molecule has 0 aliphatic carbocycles. The molecule has 0 aliphatic heterocycles. The quantitative estimate of drug-likeness (QED) is 0.115. The molecule has 0 saturated heterocycles. The second kappa shape index (κ2) is 14.1. The molecule has 4 aromatic heterocycles. The van der Waals surface area contributed by atoms with Gasteiger partial charge in [0.15, 0.2) is 17.1 Å². The van der Waals surface area contributed by atoms with E-state index in [0.29, 0.717) is 60.3 Å². The van der Waals surface area contributed by atoms with Crippen LogP contribution in [0.1, 0.15) is 5.56 Å². The molecule has 0 fully saturated rings. The van der Waals surface area contributed by atoms with E-state index in [4.69, 9.17) is 19.0 Å². The number of rotatable bonds is 14. The normalized spacial score (nSPS) is 11.1. The lowest BCUT2D eigenvalue weighted by atomic mass is 10.1. The number of nitrogens with one attached hydrogen (secondary N) is 4. The second-order valence-corrected chi connectivity index (χ2v) is 9.38. The Kier molecular flexibility index (Phi) is 9.57. The van der Waals surface area contributed by atoms with Crippen molar-refractivity contribution >= 4 is 46.3 Å². The molecule has 5 aromatic rings. The molecule has 0 unspecified atom stereocenters. The maximum absolute atomic E-state index is 12.9. The Morgan fingerprint density at radius 1 is 0.932 bits per heavy atom. The van der Waals surface area contributed by atoms with Crippen LogP contribution in [0, 0.1) is 0 Å². The number of hydrogen-bond donors (Lipinski definition) is 5. The molecule has 0 atom stereocenters. The summed E-state index contributed by atoms with van der Waals surface area (Å²) in [6, 6.07) is 9.76. The van der Waals surface area contributed by atoms with Crippen molar-refractivity contribution < 1.29 is 33.4 Å². The number of aromatic nitrogens is 6. The number of urea groups is 1. The number of fused-ring (bicyclic) bond motifs is 3. The molecule has 0 spiro atoms. The SMILES string of the molecule is Cn1cc2c(nc(NC(=O)Nc3ccc(CC(=O)NCCOCCOCCNC(=O)O)cc3)n3nc(-c4ccco4)nc23)n1. The number of nitrogens with zero attached hydrogens (tertiary/aromatic N) is 6. The average molecular weight is 607 g/mol. The number of aryl methyl sites for hydroxylation is 1. The molecule has 230 valence electrons. The zero-order valence-electron chi connectivity index (χ0n) is 23.6. The van der Waals surface area contributed by atoms with Crippen molar-refractivity contribution in [2.75, 3.05) is 50.2 Å². The van der Waals surface area contributed by atoms with Gasteiger partial charge in [0.2, 0.25) is 17.7 Å². The third-order valence-electron chi connectivity index (χ3n) is 6.08. The monoisotopic (exact) mass is 606 g/mol. The van der Waals surface area contributed by atoms with Gasteiger partial charge in [-0.25, -0.2) is 14.6 Å². The van der Waals surface area contributed by atoms with Crippen molar-refractivity contribution in [2.45, 2.75) is 6.42 Å². The molecule has 4 heterocycles. The number of carboxylic acid groups (broad SMARTS) is 1. The highest BCUT2D eigenvalue weighted by molar-refractivity contribution is 6.00. The summed E-state index contributed by atoms with van der Waals surface area (Å²) in [6.45, 7) is 1.76. The fourth-order valence-electron chi connectivity index (χ4n) is 4.12. The molecule has 4 amide bonds. The largest absolute Gasteiger partial charge is 0.465 e. The lowest BCUT2D eigenvalue weighted by molar-refractivity contribution is -0.120. The standard InChI is InChI=1S/C27H30N10O7/c1-36-16-19-22(34-36)32-25(37-24(19)31-23(35-37)20-3-2-10-44-20)33-26(39)30-18-6-4-17(5-7-18)15-21(38)28-8-11-42-13-14-43-12-9-29-27(40)41/h2-7,10,16,29H,8-9,11-15H2,1H3,(H,28,38)(H,40,41)(H2,30,32,33,34,39). The van der Waals surface area contributed by atoms with Crippen LogP contribution in [0.3, 0.4) is 0 Å². The molecule has 44 heavy (non-hydrogen) atoms.